The van der Waals surface area contributed by atoms with Crippen LogP contribution in [-0.2, 0) is 4.74 Å². The highest BCUT2D eigenvalue weighted by atomic mass is 16.5. The van der Waals surface area contributed by atoms with Crippen molar-refractivity contribution in [3.8, 4) is 11.1 Å². The lowest BCUT2D eigenvalue weighted by Gasteiger charge is -2.16. The molecule has 2 heteroatoms. The molecule has 3 rings (SSSR count). The first-order valence-corrected chi connectivity index (χ1v) is 8.60. The van der Waals surface area contributed by atoms with E-state index in [2.05, 4.69) is 31.2 Å². The Labute approximate surface area is 149 Å². The van der Waals surface area contributed by atoms with Crippen LogP contribution in [0, 0.1) is 6.92 Å². The summed E-state index contributed by atoms with van der Waals surface area (Å²) < 4.78 is 5.69. The monoisotopic (exact) mass is 330 g/mol. The predicted molar refractivity (Wildman–Crippen MR) is 102 cm³/mol. The molecule has 0 spiro atoms. The second-order valence-corrected chi connectivity index (χ2v) is 6.16. The standard InChI is InChI=1S/C23H22O2/c1-3-22(20-7-5-4-6-8-20)25-23(24)21-15-13-19(14-16-21)18-11-9-17(2)10-12-18/h4-16,22H,3H2,1-2H3. The fourth-order valence-corrected chi connectivity index (χ4v) is 2.80. The van der Waals surface area contributed by atoms with E-state index in [1.54, 1.807) is 0 Å². The molecule has 0 bridgehead atoms. The van der Waals surface area contributed by atoms with Gasteiger partial charge in [-0.3, -0.25) is 0 Å². The number of hydrogen-bond acceptors (Lipinski definition) is 2. The van der Waals surface area contributed by atoms with Gasteiger partial charge in [0.15, 0.2) is 0 Å². The maximum absolute atomic E-state index is 12.5. The Kier molecular flexibility index (Phi) is 5.30. The van der Waals surface area contributed by atoms with Crippen molar-refractivity contribution in [2.24, 2.45) is 0 Å². The van der Waals surface area contributed by atoms with Crippen molar-refractivity contribution in [2.75, 3.05) is 0 Å². The SMILES string of the molecule is CCC(OC(=O)c1ccc(-c2ccc(C)cc2)cc1)c1ccccc1. The number of carbonyl (C=O) groups is 1. The molecule has 3 aromatic rings. The molecule has 0 radical (unpaired) electrons. The number of carbonyl (C=O) groups excluding carboxylic acids is 1. The summed E-state index contributed by atoms with van der Waals surface area (Å²) in [5.41, 5.74) is 5.06. The Bertz CT molecular complexity index is 818. The van der Waals surface area contributed by atoms with E-state index in [9.17, 15) is 4.79 Å². The van der Waals surface area contributed by atoms with Gasteiger partial charge in [0, 0.05) is 0 Å². The van der Waals surface area contributed by atoms with Gasteiger partial charge < -0.3 is 4.74 Å². The van der Waals surface area contributed by atoms with E-state index >= 15 is 0 Å². The normalized spacial score (nSPS) is 11.8. The van der Waals surface area contributed by atoms with E-state index < -0.39 is 0 Å². The van der Waals surface area contributed by atoms with E-state index in [1.165, 1.54) is 5.56 Å². The first-order valence-electron chi connectivity index (χ1n) is 8.60. The highest BCUT2D eigenvalue weighted by Crippen LogP contribution is 2.24. The lowest BCUT2D eigenvalue weighted by Crippen LogP contribution is -2.11. The van der Waals surface area contributed by atoms with E-state index in [0.29, 0.717) is 5.56 Å². The molecule has 0 fully saturated rings. The summed E-state index contributed by atoms with van der Waals surface area (Å²) in [6.45, 7) is 4.09. The zero-order chi connectivity index (χ0) is 17.6. The van der Waals surface area contributed by atoms with Crippen LogP contribution in [0.4, 0.5) is 0 Å². The molecule has 0 N–H and O–H groups in total. The quantitative estimate of drug-likeness (QED) is 0.539. The first kappa shape index (κ1) is 17.0. The zero-order valence-electron chi connectivity index (χ0n) is 14.6. The summed E-state index contributed by atoms with van der Waals surface area (Å²) in [5.74, 6) is -0.286. The lowest BCUT2D eigenvalue weighted by atomic mass is 10.0. The van der Waals surface area contributed by atoms with Crippen molar-refractivity contribution in [3.05, 3.63) is 95.6 Å². The van der Waals surface area contributed by atoms with Gasteiger partial charge in [-0.25, -0.2) is 4.79 Å². The molecule has 2 nitrogen and oxygen atoms in total. The number of aryl methyl sites for hydroxylation is 1. The molecule has 0 amide bonds. The van der Waals surface area contributed by atoms with Gasteiger partial charge in [-0.2, -0.15) is 0 Å². The van der Waals surface area contributed by atoms with Crippen LogP contribution in [0.3, 0.4) is 0 Å². The minimum Gasteiger partial charge on any atom is -0.454 e. The van der Waals surface area contributed by atoms with Gasteiger partial charge in [0.1, 0.15) is 6.10 Å². The Balaban J connectivity index is 1.73. The minimum absolute atomic E-state index is 0.217. The van der Waals surface area contributed by atoms with Crippen LogP contribution in [-0.4, -0.2) is 5.97 Å². The highest BCUT2D eigenvalue weighted by molar-refractivity contribution is 5.90. The van der Waals surface area contributed by atoms with E-state index in [-0.39, 0.29) is 12.1 Å². The summed E-state index contributed by atoms with van der Waals surface area (Å²) in [4.78, 5) is 12.5. The van der Waals surface area contributed by atoms with Crippen LogP contribution >= 0.6 is 0 Å². The predicted octanol–water partition coefficient (Wildman–Crippen LogP) is 5.97. The van der Waals surface area contributed by atoms with Gasteiger partial charge in [0.05, 0.1) is 5.56 Å². The lowest BCUT2D eigenvalue weighted by molar-refractivity contribution is 0.0288. The van der Waals surface area contributed by atoms with Crippen molar-refractivity contribution >= 4 is 5.97 Å². The third-order valence-corrected chi connectivity index (χ3v) is 4.30. The molecule has 1 unspecified atom stereocenters. The highest BCUT2D eigenvalue weighted by Gasteiger charge is 2.16. The molecule has 0 aliphatic heterocycles. The smallest absolute Gasteiger partial charge is 0.338 e. The number of benzene rings is 3. The summed E-state index contributed by atoms with van der Waals surface area (Å²) >= 11 is 0. The van der Waals surface area contributed by atoms with Crippen molar-refractivity contribution in [1.29, 1.82) is 0 Å². The first-order chi connectivity index (χ1) is 12.2. The van der Waals surface area contributed by atoms with Crippen molar-refractivity contribution in [2.45, 2.75) is 26.4 Å². The Morgan fingerprint density at radius 3 is 1.96 bits per heavy atom. The fraction of sp³-hybridized carbons (Fsp3) is 0.174. The topological polar surface area (TPSA) is 26.3 Å². The average Bonchev–Trinajstić information content (AvgIpc) is 2.67. The van der Waals surface area contributed by atoms with Gasteiger partial charge >= 0.3 is 5.97 Å². The summed E-state index contributed by atoms with van der Waals surface area (Å²) in [5, 5.41) is 0. The Morgan fingerprint density at radius 1 is 0.840 bits per heavy atom. The average molecular weight is 330 g/mol. The van der Waals surface area contributed by atoms with E-state index in [0.717, 1.165) is 23.1 Å². The molecule has 0 aromatic heterocycles. The van der Waals surface area contributed by atoms with Crippen molar-refractivity contribution in [3.63, 3.8) is 0 Å². The number of esters is 1. The molecule has 1 atom stereocenters. The van der Waals surface area contributed by atoms with Crippen molar-refractivity contribution in [1.82, 2.24) is 0 Å². The van der Waals surface area contributed by atoms with Crippen LogP contribution in [0.1, 0.15) is 40.9 Å². The number of ether oxygens (including phenoxy) is 1. The second kappa shape index (κ2) is 7.80. The Morgan fingerprint density at radius 2 is 1.40 bits per heavy atom. The van der Waals surface area contributed by atoms with Crippen LogP contribution in [0.15, 0.2) is 78.9 Å². The van der Waals surface area contributed by atoms with Crippen LogP contribution < -0.4 is 0 Å². The molecule has 25 heavy (non-hydrogen) atoms. The van der Waals surface area contributed by atoms with Gasteiger partial charge in [-0.05, 0) is 42.2 Å². The molecule has 0 aliphatic rings. The largest absolute Gasteiger partial charge is 0.454 e. The third-order valence-electron chi connectivity index (χ3n) is 4.30. The Hall–Kier alpha value is -2.87. The molecule has 126 valence electrons. The fourth-order valence-electron chi connectivity index (χ4n) is 2.80. The van der Waals surface area contributed by atoms with E-state index in [4.69, 9.17) is 4.74 Å². The molecule has 3 aromatic carbocycles. The maximum Gasteiger partial charge on any atom is 0.338 e. The molecular formula is C23H22O2. The van der Waals surface area contributed by atoms with Gasteiger partial charge in [-0.15, -0.1) is 0 Å². The zero-order valence-corrected chi connectivity index (χ0v) is 14.6. The van der Waals surface area contributed by atoms with Crippen LogP contribution in [0.5, 0.6) is 0 Å². The molecule has 0 aliphatic carbocycles. The van der Waals surface area contributed by atoms with Gasteiger partial charge in [-0.1, -0.05) is 79.2 Å². The molecular weight excluding hydrogens is 308 g/mol. The number of rotatable bonds is 5. The molecule has 0 saturated carbocycles. The van der Waals surface area contributed by atoms with Crippen LogP contribution in [0.25, 0.3) is 11.1 Å². The molecule has 0 saturated heterocycles. The van der Waals surface area contributed by atoms with Crippen molar-refractivity contribution < 1.29 is 9.53 Å². The van der Waals surface area contributed by atoms with E-state index in [1.807, 2.05) is 61.5 Å². The second-order valence-electron chi connectivity index (χ2n) is 6.16. The third kappa shape index (κ3) is 4.16. The maximum atomic E-state index is 12.5. The van der Waals surface area contributed by atoms with Gasteiger partial charge in [0.25, 0.3) is 0 Å². The summed E-state index contributed by atoms with van der Waals surface area (Å²) in [7, 11) is 0. The molecule has 0 heterocycles. The van der Waals surface area contributed by atoms with Gasteiger partial charge in [0.2, 0.25) is 0 Å². The summed E-state index contributed by atoms with van der Waals surface area (Å²) in [6.07, 6.45) is 0.530. The van der Waals surface area contributed by atoms with Crippen LogP contribution in [0.2, 0.25) is 0 Å². The number of hydrogen-bond donors (Lipinski definition) is 0. The minimum atomic E-state index is -0.286. The summed E-state index contributed by atoms with van der Waals surface area (Å²) in [6, 6.07) is 25.8.